The molecule has 10 heteroatoms. The molecule has 0 heterocycles. The van der Waals surface area contributed by atoms with Gasteiger partial charge < -0.3 is 10.2 Å². The van der Waals surface area contributed by atoms with E-state index in [4.69, 9.17) is 0 Å². The van der Waals surface area contributed by atoms with E-state index in [2.05, 4.69) is 21.2 Å². The van der Waals surface area contributed by atoms with E-state index >= 15 is 0 Å². The maximum absolute atomic E-state index is 13.8. The van der Waals surface area contributed by atoms with E-state index in [9.17, 15) is 22.4 Å². The third-order valence-electron chi connectivity index (χ3n) is 6.16. The zero-order valence-electron chi connectivity index (χ0n) is 21.5. The monoisotopic (exact) mass is 603 g/mol. The lowest BCUT2D eigenvalue weighted by molar-refractivity contribution is -0.139. The molecule has 0 aliphatic carbocycles. The minimum absolute atomic E-state index is 0.0887. The van der Waals surface area contributed by atoms with Crippen molar-refractivity contribution >= 4 is 43.5 Å². The molecule has 0 saturated carbocycles. The van der Waals surface area contributed by atoms with E-state index in [0.717, 1.165) is 45.0 Å². The molecular formula is C28H31BrFN3O4S. The first-order valence-corrected chi connectivity index (χ1v) is 14.4. The van der Waals surface area contributed by atoms with Gasteiger partial charge in [-0.25, -0.2) is 12.8 Å². The highest BCUT2D eigenvalue weighted by molar-refractivity contribution is 9.10. The molecule has 0 saturated heterocycles. The Morgan fingerprint density at radius 1 is 0.947 bits per heavy atom. The van der Waals surface area contributed by atoms with E-state index in [-0.39, 0.29) is 29.1 Å². The summed E-state index contributed by atoms with van der Waals surface area (Å²) in [6.45, 7) is 4.98. The summed E-state index contributed by atoms with van der Waals surface area (Å²) in [5, 5.41) is 2.90. The van der Waals surface area contributed by atoms with Crippen molar-refractivity contribution in [3.05, 3.63) is 94.7 Å². The van der Waals surface area contributed by atoms with Gasteiger partial charge in [-0.15, -0.1) is 0 Å². The number of anilines is 1. The number of benzene rings is 3. The number of para-hydroxylation sites is 1. The Labute approximate surface area is 231 Å². The Bertz CT molecular complexity index is 1340. The molecule has 0 spiro atoms. The Kier molecular flexibility index (Phi) is 10.0. The SMILES string of the molecule is CC[C@@H](C)NC(=O)[C@H](C)N(Cc1ccc(Br)cc1)C(=O)CN(c1ccccc1)S(=O)(=O)c1ccc(F)cc1. The van der Waals surface area contributed by atoms with Gasteiger partial charge in [0.15, 0.2) is 0 Å². The predicted octanol–water partition coefficient (Wildman–Crippen LogP) is 5.12. The van der Waals surface area contributed by atoms with Crippen LogP contribution < -0.4 is 9.62 Å². The number of rotatable bonds is 11. The predicted molar refractivity (Wildman–Crippen MR) is 149 cm³/mol. The van der Waals surface area contributed by atoms with Gasteiger partial charge in [-0.1, -0.05) is 53.2 Å². The van der Waals surface area contributed by atoms with Crippen molar-refractivity contribution in [3.63, 3.8) is 0 Å². The summed E-state index contributed by atoms with van der Waals surface area (Å²) >= 11 is 3.39. The van der Waals surface area contributed by atoms with Gasteiger partial charge in [-0.3, -0.25) is 13.9 Å². The standard InChI is InChI=1S/C28H31BrFN3O4S/c1-4-20(2)31-28(35)21(3)32(18-22-10-12-23(29)13-11-22)27(34)19-33(25-8-6-5-7-9-25)38(36,37)26-16-14-24(30)15-17-26/h5-17,20-21H,4,18-19H2,1-3H3,(H,31,35)/t20-,21+/m1/s1. The molecule has 0 unspecified atom stereocenters. The second-order valence-corrected chi connectivity index (χ2v) is 11.7. The van der Waals surface area contributed by atoms with Crippen LogP contribution in [0.2, 0.25) is 0 Å². The van der Waals surface area contributed by atoms with Crippen LogP contribution in [0.15, 0.2) is 88.2 Å². The number of carbonyl (C=O) groups excluding carboxylic acids is 2. The summed E-state index contributed by atoms with van der Waals surface area (Å²) in [5.41, 5.74) is 1.04. The van der Waals surface area contributed by atoms with Crippen molar-refractivity contribution in [1.29, 1.82) is 0 Å². The molecular weight excluding hydrogens is 573 g/mol. The van der Waals surface area contributed by atoms with Gasteiger partial charge in [0.2, 0.25) is 11.8 Å². The number of sulfonamides is 1. The molecule has 0 radical (unpaired) electrons. The molecule has 3 aromatic carbocycles. The molecule has 202 valence electrons. The quantitative estimate of drug-likeness (QED) is 0.330. The Morgan fingerprint density at radius 3 is 2.13 bits per heavy atom. The van der Waals surface area contributed by atoms with Crippen molar-refractivity contribution in [3.8, 4) is 0 Å². The summed E-state index contributed by atoms with van der Waals surface area (Å²) < 4.78 is 42.6. The largest absolute Gasteiger partial charge is 0.352 e. The lowest BCUT2D eigenvalue weighted by Crippen LogP contribution is -2.52. The van der Waals surface area contributed by atoms with Crippen LogP contribution in [0.1, 0.15) is 32.8 Å². The number of carbonyl (C=O) groups is 2. The number of nitrogens with one attached hydrogen (secondary N) is 1. The summed E-state index contributed by atoms with van der Waals surface area (Å²) in [6.07, 6.45) is 0.719. The van der Waals surface area contributed by atoms with Gasteiger partial charge in [0.25, 0.3) is 10.0 Å². The van der Waals surface area contributed by atoms with Crippen LogP contribution in [0, 0.1) is 5.82 Å². The van der Waals surface area contributed by atoms with Crippen LogP contribution >= 0.6 is 15.9 Å². The molecule has 3 rings (SSSR count). The first kappa shape index (κ1) is 29.3. The van der Waals surface area contributed by atoms with Gasteiger partial charge in [-0.2, -0.15) is 0 Å². The van der Waals surface area contributed by atoms with Gasteiger partial charge >= 0.3 is 0 Å². The maximum atomic E-state index is 13.8. The second kappa shape index (κ2) is 13.0. The van der Waals surface area contributed by atoms with Crippen LogP contribution in [-0.2, 0) is 26.2 Å². The molecule has 1 N–H and O–H groups in total. The topological polar surface area (TPSA) is 86.8 Å². The summed E-state index contributed by atoms with van der Waals surface area (Å²) in [6, 6.07) is 19.0. The van der Waals surface area contributed by atoms with Crippen LogP contribution in [0.25, 0.3) is 0 Å². The molecule has 3 aromatic rings. The first-order valence-electron chi connectivity index (χ1n) is 12.2. The number of halogens is 2. The third-order valence-corrected chi connectivity index (χ3v) is 8.48. The zero-order chi connectivity index (χ0) is 27.9. The minimum Gasteiger partial charge on any atom is -0.352 e. The minimum atomic E-state index is -4.23. The highest BCUT2D eigenvalue weighted by Gasteiger charge is 2.32. The molecule has 0 aliphatic rings. The molecule has 38 heavy (non-hydrogen) atoms. The van der Waals surface area contributed by atoms with Crippen molar-refractivity contribution < 1.29 is 22.4 Å². The van der Waals surface area contributed by atoms with Crippen LogP contribution in [-0.4, -0.2) is 43.8 Å². The number of hydrogen-bond donors (Lipinski definition) is 1. The molecule has 0 bridgehead atoms. The molecule has 0 aromatic heterocycles. The van der Waals surface area contributed by atoms with E-state index < -0.39 is 34.3 Å². The first-order chi connectivity index (χ1) is 18.0. The Morgan fingerprint density at radius 2 is 1.55 bits per heavy atom. The average Bonchev–Trinajstić information content (AvgIpc) is 2.91. The Hall–Kier alpha value is -3.24. The van der Waals surface area contributed by atoms with Crippen LogP contribution in [0.5, 0.6) is 0 Å². The van der Waals surface area contributed by atoms with E-state index in [1.54, 1.807) is 37.3 Å². The molecule has 7 nitrogen and oxygen atoms in total. The highest BCUT2D eigenvalue weighted by Crippen LogP contribution is 2.25. The van der Waals surface area contributed by atoms with Crippen molar-refractivity contribution in [2.24, 2.45) is 0 Å². The molecule has 2 amide bonds. The van der Waals surface area contributed by atoms with E-state index in [1.807, 2.05) is 38.1 Å². The normalized spacial score (nSPS) is 12.9. The third kappa shape index (κ3) is 7.41. The van der Waals surface area contributed by atoms with Gasteiger partial charge in [-0.05, 0) is 74.4 Å². The van der Waals surface area contributed by atoms with Gasteiger partial charge in [0, 0.05) is 17.1 Å². The van der Waals surface area contributed by atoms with Crippen LogP contribution in [0.4, 0.5) is 10.1 Å². The van der Waals surface area contributed by atoms with Gasteiger partial charge in [0.1, 0.15) is 18.4 Å². The second-order valence-electron chi connectivity index (χ2n) is 8.94. The van der Waals surface area contributed by atoms with Crippen LogP contribution in [0.3, 0.4) is 0 Å². The summed E-state index contributed by atoms with van der Waals surface area (Å²) in [5.74, 6) is -1.47. The van der Waals surface area contributed by atoms with Crippen molar-refractivity contribution in [2.75, 3.05) is 10.8 Å². The number of hydrogen-bond acceptors (Lipinski definition) is 4. The van der Waals surface area contributed by atoms with E-state index in [1.165, 1.54) is 4.90 Å². The lowest BCUT2D eigenvalue weighted by atomic mass is 10.1. The average molecular weight is 605 g/mol. The fourth-order valence-corrected chi connectivity index (χ4v) is 5.37. The highest BCUT2D eigenvalue weighted by atomic mass is 79.9. The fourth-order valence-electron chi connectivity index (χ4n) is 3.69. The fraction of sp³-hybridized carbons (Fsp3) is 0.286. The van der Waals surface area contributed by atoms with E-state index in [0.29, 0.717) is 0 Å². The van der Waals surface area contributed by atoms with Gasteiger partial charge in [0.05, 0.1) is 10.6 Å². The smallest absolute Gasteiger partial charge is 0.264 e. The Balaban J connectivity index is 1.99. The molecule has 0 aliphatic heterocycles. The maximum Gasteiger partial charge on any atom is 0.264 e. The van der Waals surface area contributed by atoms with Crippen molar-refractivity contribution in [2.45, 2.75) is 50.7 Å². The molecule has 2 atom stereocenters. The van der Waals surface area contributed by atoms with Crippen molar-refractivity contribution in [1.82, 2.24) is 10.2 Å². The zero-order valence-corrected chi connectivity index (χ0v) is 23.9. The lowest BCUT2D eigenvalue weighted by Gasteiger charge is -2.32. The summed E-state index contributed by atoms with van der Waals surface area (Å²) in [4.78, 5) is 28.0. The molecule has 0 fully saturated rings. The summed E-state index contributed by atoms with van der Waals surface area (Å²) in [7, 11) is -4.23. The number of amides is 2. The number of nitrogens with zero attached hydrogens (tertiary/aromatic N) is 2.